The average molecular weight is 364 g/mol. The largest absolute Gasteiger partial charge is 0.368 e. The number of hydrogen-bond acceptors (Lipinski definition) is 8. The van der Waals surface area contributed by atoms with Gasteiger partial charge >= 0.3 is 0 Å². The maximum absolute atomic E-state index is 13.5. The fraction of sp³-hybridized carbons (Fsp3) is 0.0588. The Balaban J connectivity index is 1.83. The van der Waals surface area contributed by atoms with Crippen LogP contribution in [0.25, 0.3) is 17.0 Å². The van der Waals surface area contributed by atoms with Crippen LogP contribution in [0.4, 0.5) is 21.8 Å². The molecule has 9 nitrogen and oxygen atoms in total. The Hall–Kier alpha value is -3.79. The summed E-state index contributed by atoms with van der Waals surface area (Å²) < 4.78 is 13.5. The number of pyridine rings is 2. The van der Waals surface area contributed by atoms with Crippen molar-refractivity contribution in [1.82, 2.24) is 24.9 Å². The van der Waals surface area contributed by atoms with Crippen LogP contribution in [0, 0.1) is 12.7 Å². The minimum absolute atomic E-state index is 0.108. The van der Waals surface area contributed by atoms with Gasteiger partial charge in [-0.15, -0.1) is 0 Å². The van der Waals surface area contributed by atoms with Gasteiger partial charge < -0.3 is 11.1 Å². The lowest BCUT2D eigenvalue weighted by Crippen LogP contribution is -2.69. The van der Waals surface area contributed by atoms with Crippen LogP contribution in [0.1, 0.15) is 11.4 Å². The molecule has 0 radical (unpaired) electrons. The molecule has 4 rings (SSSR count). The van der Waals surface area contributed by atoms with E-state index in [0.717, 1.165) is 17.3 Å². The van der Waals surface area contributed by atoms with E-state index in [1.807, 2.05) is 12.3 Å². The average Bonchev–Trinajstić information content (AvgIpc) is 3.16. The lowest BCUT2D eigenvalue weighted by Gasteiger charge is -2.12. The predicted molar refractivity (Wildman–Crippen MR) is 98.1 cm³/mol. The predicted octanol–water partition coefficient (Wildman–Crippen LogP) is 1.01. The van der Waals surface area contributed by atoms with Gasteiger partial charge in [0.2, 0.25) is 5.95 Å². The van der Waals surface area contributed by atoms with Crippen LogP contribution in [-0.4, -0.2) is 31.1 Å². The smallest absolute Gasteiger partial charge is 0.223 e. The van der Waals surface area contributed by atoms with Crippen molar-refractivity contribution in [2.75, 3.05) is 11.1 Å². The first-order chi connectivity index (χ1) is 13.1. The Morgan fingerprint density at radius 2 is 2.00 bits per heavy atom. The van der Waals surface area contributed by atoms with Crippen LogP contribution in [0.2, 0.25) is 0 Å². The van der Waals surface area contributed by atoms with Crippen LogP contribution in [0.5, 0.6) is 0 Å². The molecular weight excluding hydrogens is 349 g/mol. The molecule has 4 heterocycles. The van der Waals surface area contributed by atoms with Gasteiger partial charge in [-0.25, -0.2) is 14.4 Å². The molecule has 27 heavy (non-hydrogen) atoms. The summed E-state index contributed by atoms with van der Waals surface area (Å²) >= 11 is 0. The number of allylic oxidation sites excluding steroid dienone is 1. The monoisotopic (exact) mass is 364 g/mol. The van der Waals surface area contributed by atoms with E-state index in [4.69, 9.17) is 5.73 Å². The lowest BCUT2D eigenvalue weighted by atomic mass is 10.1. The Morgan fingerprint density at radius 3 is 2.74 bits per heavy atom. The number of aryl methyl sites for hydroxylation is 1. The zero-order valence-corrected chi connectivity index (χ0v) is 14.3. The first-order valence-electron chi connectivity index (χ1n) is 8.02. The molecule has 10 heteroatoms. The second-order valence-electron chi connectivity index (χ2n) is 5.75. The quantitative estimate of drug-likeness (QED) is 0.589. The number of nitrogen functional groups attached to an aromatic ring is 1. The summed E-state index contributed by atoms with van der Waals surface area (Å²) in [7, 11) is 0. The Labute approximate surface area is 153 Å². The van der Waals surface area contributed by atoms with Gasteiger partial charge in [-0.1, -0.05) is 5.10 Å². The van der Waals surface area contributed by atoms with E-state index in [-0.39, 0.29) is 5.95 Å². The SMILES string of the molecule is Cc1nc(N)nc(-c2cc(C3=C[NH2+]N=C3)cnc2Nc2cncc(F)c2)n1. The minimum Gasteiger partial charge on any atom is -0.368 e. The second-order valence-corrected chi connectivity index (χ2v) is 5.75. The van der Waals surface area contributed by atoms with E-state index >= 15 is 0 Å². The summed E-state index contributed by atoms with van der Waals surface area (Å²) in [6.45, 7) is 1.73. The van der Waals surface area contributed by atoms with Crippen LogP contribution >= 0.6 is 0 Å². The molecule has 0 aromatic carbocycles. The Morgan fingerprint density at radius 1 is 1.11 bits per heavy atom. The maximum Gasteiger partial charge on any atom is 0.223 e. The molecule has 0 amide bonds. The normalized spacial score (nSPS) is 12.9. The van der Waals surface area contributed by atoms with E-state index in [0.29, 0.717) is 28.7 Å². The van der Waals surface area contributed by atoms with Crippen molar-refractivity contribution in [1.29, 1.82) is 0 Å². The fourth-order valence-electron chi connectivity index (χ4n) is 2.59. The zero-order chi connectivity index (χ0) is 18.8. The number of rotatable bonds is 4. The van der Waals surface area contributed by atoms with E-state index < -0.39 is 5.82 Å². The number of aromatic nitrogens is 5. The van der Waals surface area contributed by atoms with E-state index in [1.54, 1.807) is 24.8 Å². The van der Waals surface area contributed by atoms with Gasteiger partial charge in [0.25, 0.3) is 0 Å². The molecule has 0 fully saturated rings. The van der Waals surface area contributed by atoms with Crippen molar-refractivity contribution in [3.63, 3.8) is 0 Å². The Bertz CT molecular complexity index is 1060. The third-order valence-electron chi connectivity index (χ3n) is 3.75. The van der Waals surface area contributed by atoms with E-state index in [9.17, 15) is 4.39 Å². The summed E-state index contributed by atoms with van der Waals surface area (Å²) in [6, 6.07) is 3.19. The lowest BCUT2D eigenvalue weighted by molar-refractivity contribution is -0.589. The van der Waals surface area contributed by atoms with Crippen molar-refractivity contribution in [2.45, 2.75) is 6.92 Å². The molecule has 0 spiro atoms. The number of anilines is 3. The van der Waals surface area contributed by atoms with Gasteiger partial charge in [0, 0.05) is 17.8 Å². The van der Waals surface area contributed by atoms with Crippen molar-refractivity contribution >= 4 is 29.2 Å². The molecule has 1 aliphatic rings. The molecule has 5 N–H and O–H groups in total. The molecule has 3 aromatic heterocycles. The highest BCUT2D eigenvalue weighted by Gasteiger charge is 2.16. The summed E-state index contributed by atoms with van der Waals surface area (Å²) in [6.07, 6.45) is 7.92. The highest BCUT2D eigenvalue weighted by molar-refractivity contribution is 6.10. The fourth-order valence-corrected chi connectivity index (χ4v) is 2.59. The van der Waals surface area contributed by atoms with Crippen molar-refractivity contribution in [3.05, 3.63) is 54.1 Å². The highest BCUT2D eigenvalue weighted by atomic mass is 19.1. The molecule has 0 saturated heterocycles. The molecule has 1 aliphatic heterocycles. The van der Waals surface area contributed by atoms with Gasteiger partial charge in [-0.2, -0.15) is 15.4 Å². The molecule has 0 bridgehead atoms. The highest BCUT2D eigenvalue weighted by Crippen LogP contribution is 2.29. The van der Waals surface area contributed by atoms with Crippen LogP contribution in [0.15, 0.2) is 42.0 Å². The van der Waals surface area contributed by atoms with Gasteiger partial charge in [0.1, 0.15) is 23.7 Å². The summed E-state index contributed by atoms with van der Waals surface area (Å²) in [5.41, 5.74) is 10.3. The van der Waals surface area contributed by atoms with Gasteiger partial charge in [-0.3, -0.25) is 4.98 Å². The number of quaternary nitrogens is 1. The second kappa shape index (κ2) is 6.84. The van der Waals surface area contributed by atoms with Gasteiger partial charge in [0.05, 0.1) is 35.4 Å². The van der Waals surface area contributed by atoms with Gasteiger partial charge in [0.15, 0.2) is 5.82 Å². The number of hydrogen-bond donors (Lipinski definition) is 3. The van der Waals surface area contributed by atoms with Crippen molar-refractivity contribution in [3.8, 4) is 11.4 Å². The molecule has 3 aromatic rings. The summed E-state index contributed by atoms with van der Waals surface area (Å²) in [5, 5.41) is 7.13. The molecule has 0 aliphatic carbocycles. The van der Waals surface area contributed by atoms with Crippen LogP contribution < -0.4 is 16.5 Å². The summed E-state index contributed by atoms with van der Waals surface area (Å²) in [5.74, 6) is 0.935. The first kappa shape index (κ1) is 16.7. The Kier molecular flexibility index (Phi) is 4.22. The first-order valence-corrected chi connectivity index (χ1v) is 8.02. The van der Waals surface area contributed by atoms with Crippen molar-refractivity contribution < 1.29 is 9.82 Å². The molecule has 0 saturated carbocycles. The third kappa shape index (κ3) is 3.60. The van der Waals surface area contributed by atoms with Crippen LogP contribution in [-0.2, 0) is 0 Å². The molecular formula is C17H15FN9+. The standard InChI is InChI=1S/C17H14FN9/c1-9-24-16(27-17(19)25-9)14-2-10(11-5-22-23-6-11)4-21-15(14)26-13-3-12(18)7-20-8-13/h2-8H,1H3,(H,21,26)(H,22,23)(H2,19,24,25,27)/p+1. The van der Waals surface area contributed by atoms with E-state index in [2.05, 4.69) is 35.3 Å². The molecule has 134 valence electrons. The zero-order valence-electron chi connectivity index (χ0n) is 14.3. The topological polar surface area (TPSA) is 131 Å². The third-order valence-corrected chi connectivity index (χ3v) is 3.75. The van der Waals surface area contributed by atoms with E-state index in [1.165, 1.54) is 12.3 Å². The molecule has 0 atom stereocenters. The van der Waals surface area contributed by atoms with Crippen LogP contribution in [0.3, 0.4) is 0 Å². The minimum atomic E-state index is -0.457. The number of nitrogens with two attached hydrogens (primary N) is 2. The maximum atomic E-state index is 13.5. The number of nitrogens with one attached hydrogen (secondary N) is 1. The van der Waals surface area contributed by atoms with Gasteiger partial charge in [-0.05, 0) is 13.0 Å². The number of nitrogens with zero attached hydrogens (tertiary/aromatic N) is 6. The summed E-state index contributed by atoms with van der Waals surface area (Å²) in [4.78, 5) is 20.9. The molecule has 0 unspecified atom stereocenters. The van der Waals surface area contributed by atoms with Crippen molar-refractivity contribution in [2.24, 2.45) is 5.10 Å². The number of halogens is 1.